The van der Waals surface area contributed by atoms with Gasteiger partial charge in [0.2, 0.25) is 0 Å². The smallest absolute Gasteiger partial charge is 0.155 e. The number of aromatic nitrogens is 2. The van der Waals surface area contributed by atoms with Crippen LogP contribution in [0, 0.1) is 24.9 Å². The first-order valence-corrected chi connectivity index (χ1v) is 23.5. The monoisotopic (exact) mass is 1320 g/mol. The minimum absolute atomic E-state index is 0. The van der Waals surface area contributed by atoms with E-state index in [0.717, 1.165) is 54.2 Å². The third-order valence-corrected chi connectivity index (χ3v) is 12.4. The van der Waals surface area contributed by atoms with Crippen molar-refractivity contribution in [1.82, 2.24) is 9.97 Å². The summed E-state index contributed by atoms with van der Waals surface area (Å²) in [4.78, 5) is 31.8. The third kappa shape index (κ3) is 16.6. The van der Waals surface area contributed by atoms with Gasteiger partial charge in [-0.05, 0) is 96.2 Å². The van der Waals surface area contributed by atoms with Crippen molar-refractivity contribution in [3.8, 4) is 54.5 Å². The number of nitrogens with zero attached hydrogens (tertiary/aromatic N) is 2. The molecule has 0 spiro atoms. The van der Waals surface area contributed by atoms with E-state index in [4.69, 9.17) is 15.2 Å². The number of halogens is 1. The summed E-state index contributed by atoms with van der Waals surface area (Å²) in [7, 11) is 0. The number of aliphatic hydroxyl groups is 2. The van der Waals surface area contributed by atoms with Gasteiger partial charge in [0.15, 0.2) is 11.6 Å². The van der Waals surface area contributed by atoms with Crippen molar-refractivity contribution in [2.75, 3.05) is 0 Å². The first kappa shape index (κ1) is 56.6. The van der Waals surface area contributed by atoms with Crippen LogP contribution in [0.4, 0.5) is 4.39 Å². The Balaban J connectivity index is 0.000000235. The molecule has 0 bridgehead atoms. The number of hydrogen-bond donors (Lipinski definition) is 2. The molecule has 0 aliphatic heterocycles. The van der Waals surface area contributed by atoms with Crippen LogP contribution >= 0.6 is 22.7 Å². The topological polar surface area (TPSA) is 100 Å². The van der Waals surface area contributed by atoms with Gasteiger partial charge in [-0.3, -0.25) is 9.59 Å². The number of fused-ring (bicyclic) bond motifs is 2. The van der Waals surface area contributed by atoms with E-state index in [9.17, 15) is 14.0 Å². The Morgan fingerprint density at radius 2 is 1.06 bits per heavy atom. The molecule has 2 radical (unpaired) electrons. The molecular formula is C59H53FIr2N2O4S2-2. The molecular weight excluding hydrogens is 1270 g/mol. The number of rotatable bonds is 7. The molecule has 70 heavy (non-hydrogen) atoms. The minimum Gasteiger partial charge on any atom is -0.512 e. The zero-order valence-electron chi connectivity index (χ0n) is 40.1. The molecule has 9 aromatic rings. The molecule has 362 valence electrons. The Bertz CT molecular complexity index is 3200. The fourth-order valence-electron chi connectivity index (χ4n) is 6.99. The zero-order chi connectivity index (χ0) is 49.0. The van der Waals surface area contributed by atoms with Crippen LogP contribution in [0.5, 0.6) is 0 Å². The van der Waals surface area contributed by atoms with E-state index in [1.165, 1.54) is 83.6 Å². The zero-order valence-corrected chi connectivity index (χ0v) is 46.5. The number of benzene rings is 5. The molecule has 0 fully saturated rings. The van der Waals surface area contributed by atoms with Crippen LogP contribution in [-0.2, 0) is 55.2 Å². The van der Waals surface area contributed by atoms with Gasteiger partial charge in [0, 0.05) is 74.5 Å². The summed E-state index contributed by atoms with van der Waals surface area (Å²) >= 11 is 3.46. The average Bonchev–Trinajstić information content (AvgIpc) is 3.94. The van der Waals surface area contributed by atoms with Crippen molar-refractivity contribution >= 4 is 54.4 Å². The molecule has 0 aliphatic rings. The van der Waals surface area contributed by atoms with Crippen LogP contribution in [0.3, 0.4) is 0 Å². The molecule has 0 saturated carbocycles. The molecule has 9 rings (SSSR count). The van der Waals surface area contributed by atoms with Gasteiger partial charge in [-0.2, -0.15) is 0 Å². The van der Waals surface area contributed by atoms with Crippen molar-refractivity contribution in [3.63, 3.8) is 0 Å². The number of carbonyl (C=O) groups is 2. The second-order valence-corrected chi connectivity index (χ2v) is 19.3. The number of ketones is 2. The second kappa shape index (κ2) is 26.3. The van der Waals surface area contributed by atoms with Crippen LogP contribution < -0.4 is 0 Å². The first-order chi connectivity index (χ1) is 32.4. The molecule has 4 heterocycles. The maximum Gasteiger partial charge on any atom is 0.155 e. The number of hydrogen-bond acceptors (Lipinski definition) is 8. The Labute approximate surface area is 445 Å². The van der Waals surface area contributed by atoms with Gasteiger partial charge >= 0.3 is 0 Å². The van der Waals surface area contributed by atoms with Crippen LogP contribution in [-0.4, -0.2) is 31.7 Å². The van der Waals surface area contributed by atoms with E-state index in [-0.39, 0.29) is 74.5 Å². The van der Waals surface area contributed by atoms with E-state index in [1.54, 1.807) is 22.7 Å². The molecule has 0 amide bonds. The number of carbonyl (C=O) groups excluding carboxylic acids is 2. The normalized spacial score (nSPS) is 11.1. The van der Waals surface area contributed by atoms with Crippen LogP contribution in [0.2, 0.25) is 0 Å². The van der Waals surface area contributed by atoms with Crippen molar-refractivity contribution in [2.24, 2.45) is 0 Å². The van der Waals surface area contributed by atoms with Crippen molar-refractivity contribution in [3.05, 3.63) is 205 Å². The quantitative estimate of drug-likeness (QED) is 0.0937. The standard InChI is InChI=1S/C25H15FNS.C24H22NS.2C5H8O2.2Ir/c26-22-11-9-18(10-12-22)24-15-21-14-23(27-16-25(21)28-24)20-8-4-7-19(13-20)17-5-2-1-3-6-17;1-16-10-18(12-20(11-16)24(2,3)4)21-13-19-14-22(26-23(19)15-25-21)17-8-6-5-7-9-17;2*1-4(6)3-5(2)7;;/h1-7,9-16H;5-9,11-15H,1-4H3;2*3,6H,1-2H3;;/q2*-1;;;;. The summed E-state index contributed by atoms with van der Waals surface area (Å²) in [6, 6.07) is 53.5. The summed E-state index contributed by atoms with van der Waals surface area (Å²) in [6.45, 7) is 14.5. The van der Waals surface area contributed by atoms with Crippen LogP contribution in [0.15, 0.2) is 176 Å². The van der Waals surface area contributed by atoms with E-state index in [0.29, 0.717) is 0 Å². The van der Waals surface area contributed by atoms with E-state index in [2.05, 4.69) is 136 Å². The molecule has 4 aromatic heterocycles. The molecule has 0 atom stereocenters. The molecule has 5 aromatic carbocycles. The molecule has 0 unspecified atom stereocenters. The van der Waals surface area contributed by atoms with Gasteiger partial charge in [0.25, 0.3) is 0 Å². The summed E-state index contributed by atoms with van der Waals surface area (Å²) in [5.74, 6) is -0.345. The summed E-state index contributed by atoms with van der Waals surface area (Å²) in [5, 5.41) is 19.1. The number of allylic oxidation sites excluding steroid dienone is 4. The largest absolute Gasteiger partial charge is 0.512 e. The summed E-state index contributed by atoms with van der Waals surface area (Å²) in [5.41, 5.74) is 11.1. The fraction of sp³-hybridized carbons (Fsp3) is 0.153. The van der Waals surface area contributed by atoms with E-state index < -0.39 is 0 Å². The van der Waals surface area contributed by atoms with Crippen LogP contribution in [0.25, 0.3) is 74.7 Å². The van der Waals surface area contributed by atoms with Crippen molar-refractivity contribution in [2.45, 2.75) is 60.8 Å². The van der Waals surface area contributed by atoms with E-state index in [1.807, 2.05) is 48.8 Å². The number of pyridine rings is 2. The third-order valence-electron chi connectivity index (χ3n) is 10.1. The van der Waals surface area contributed by atoms with Gasteiger partial charge < -0.3 is 20.2 Å². The van der Waals surface area contributed by atoms with Crippen molar-refractivity contribution < 1.29 is 64.4 Å². The first-order valence-electron chi connectivity index (χ1n) is 21.9. The Kier molecular flexibility index (Phi) is 21.2. The van der Waals surface area contributed by atoms with Gasteiger partial charge in [0.05, 0.1) is 20.9 Å². The maximum absolute atomic E-state index is 13.2. The van der Waals surface area contributed by atoms with Gasteiger partial charge in [-0.1, -0.05) is 113 Å². The fourth-order valence-corrected chi connectivity index (χ4v) is 9.02. The van der Waals surface area contributed by atoms with E-state index >= 15 is 0 Å². The van der Waals surface area contributed by atoms with Crippen molar-refractivity contribution in [1.29, 1.82) is 0 Å². The Morgan fingerprint density at radius 1 is 0.586 bits per heavy atom. The number of aryl methyl sites for hydroxylation is 1. The Hall–Kier alpha value is -6.03. The second-order valence-electron chi connectivity index (χ2n) is 17.2. The number of thiophene rings is 2. The molecule has 0 aliphatic carbocycles. The molecule has 6 nitrogen and oxygen atoms in total. The molecule has 2 N–H and O–H groups in total. The van der Waals surface area contributed by atoms with Gasteiger partial charge in [0.1, 0.15) is 5.82 Å². The van der Waals surface area contributed by atoms with Gasteiger partial charge in [-0.25, -0.2) is 4.39 Å². The Morgan fingerprint density at radius 3 is 1.51 bits per heavy atom. The molecule has 11 heteroatoms. The maximum atomic E-state index is 13.2. The average molecular weight is 1320 g/mol. The van der Waals surface area contributed by atoms with Gasteiger partial charge in [-0.15, -0.1) is 93.0 Å². The predicted molar refractivity (Wildman–Crippen MR) is 282 cm³/mol. The summed E-state index contributed by atoms with van der Waals surface area (Å²) < 4.78 is 15.5. The predicted octanol–water partition coefficient (Wildman–Crippen LogP) is 16.3. The van der Waals surface area contributed by atoms with Crippen LogP contribution in [0.1, 0.15) is 59.6 Å². The SMILES string of the molecule is CC(=O)C=C(C)O.CC(=O)C=C(C)O.Cc1[c-]c(-c2cc3cc(-c4ccccc4)sc3cn2)cc(C(C)(C)C)c1.Fc1ccc(-c2cc3cc(-c4[c-]ccc(-c5ccccc5)c4)ncc3s2)cc1.[Ir].[Ir]. The number of aliphatic hydroxyl groups excluding tert-OH is 2. The molecule has 0 saturated heterocycles. The summed E-state index contributed by atoms with van der Waals surface area (Å²) in [6.07, 6.45) is 6.24. The minimum atomic E-state index is -0.220.